The van der Waals surface area contributed by atoms with Crippen LogP contribution in [0.15, 0.2) is 91.0 Å². The third-order valence-electron chi connectivity index (χ3n) is 5.34. The lowest BCUT2D eigenvalue weighted by Crippen LogP contribution is -2.67. The molecule has 1 atom stereocenters. The maximum atomic E-state index is 11.8. The summed E-state index contributed by atoms with van der Waals surface area (Å²) in [6, 6.07) is 30.7. The van der Waals surface area contributed by atoms with E-state index in [9.17, 15) is 4.79 Å². The Kier molecular flexibility index (Phi) is 7.37. The van der Waals surface area contributed by atoms with E-state index in [2.05, 4.69) is 69.3 Å². The second-order valence-corrected chi connectivity index (χ2v) is 12.8. The first-order chi connectivity index (χ1) is 14.5. The van der Waals surface area contributed by atoms with E-state index in [4.69, 9.17) is 9.16 Å². The standard InChI is InChI=1S/C26H30O3Si/c1-26(2,3)30(24-15-9-5-10-16-24,25-17-11-6-12-18-25)29-21-23(19-27)28-20-22-13-7-4-8-14-22/h4-19,23H,20-21H2,1-3H3/t23-/m0/s1. The molecule has 3 rings (SSSR count). The minimum atomic E-state index is -2.68. The summed E-state index contributed by atoms with van der Waals surface area (Å²) in [7, 11) is -2.68. The summed E-state index contributed by atoms with van der Waals surface area (Å²) in [5.74, 6) is 0. The Hall–Kier alpha value is -2.53. The van der Waals surface area contributed by atoms with E-state index < -0.39 is 14.4 Å². The first kappa shape index (κ1) is 22.2. The van der Waals surface area contributed by atoms with Gasteiger partial charge in [-0.2, -0.15) is 0 Å². The maximum absolute atomic E-state index is 11.8. The molecule has 0 spiro atoms. The molecule has 3 aromatic rings. The number of ether oxygens (including phenoxy) is 1. The molecule has 3 aromatic carbocycles. The van der Waals surface area contributed by atoms with Crippen molar-refractivity contribution in [2.24, 2.45) is 0 Å². The molecule has 0 N–H and O–H groups in total. The molecule has 0 aliphatic heterocycles. The molecule has 0 aliphatic rings. The fourth-order valence-electron chi connectivity index (χ4n) is 3.87. The van der Waals surface area contributed by atoms with Gasteiger partial charge in [-0.15, -0.1) is 0 Å². The molecule has 0 aliphatic carbocycles. The molecule has 0 bridgehead atoms. The van der Waals surface area contributed by atoms with E-state index in [1.807, 2.05) is 42.5 Å². The van der Waals surface area contributed by atoms with Crippen molar-refractivity contribution >= 4 is 25.0 Å². The zero-order chi connectivity index (χ0) is 21.5. The predicted molar refractivity (Wildman–Crippen MR) is 125 cm³/mol. The number of benzene rings is 3. The predicted octanol–water partition coefficient (Wildman–Crippen LogP) is 4.35. The van der Waals surface area contributed by atoms with Gasteiger partial charge >= 0.3 is 0 Å². The molecule has 3 nitrogen and oxygen atoms in total. The van der Waals surface area contributed by atoms with Crippen LogP contribution in [0.3, 0.4) is 0 Å². The third kappa shape index (κ3) is 4.96. The van der Waals surface area contributed by atoms with Gasteiger partial charge in [-0.3, -0.25) is 0 Å². The first-order valence-electron chi connectivity index (χ1n) is 10.3. The lowest BCUT2D eigenvalue weighted by Gasteiger charge is -2.43. The van der Waals surface area contributed by atoms with Crippen LogP contribution in [0.4, 0.5) is 0 Å². The molecular formula is C26H30O3Si. The summed E-state index contributed by atoms with van der Waals surface area (Å²) >= 11 is 0. The van der Waals surface area contributed by atoms with Crippen molar-refractivity contribution in [2.45, 2.75) is 38.5 Å². The summed E-state index contributed by atoms with van der Waals surface area (Å²) in [6.07, 6.45) is 0.229. The van der Waals surface area contributed by atoms with Gasteiger partial charge in [0.1, 0.15) is 6.10 Å². The summed E-state index contributed by atoms with van der Waals surface area (Å²) in [5.41, 5.74) is 1.04. The fraction of sp³-hybridized carbons (Fsp3) is 0.269. The zero-order valence-electron chi connectivity index (χ0n) is 18.0. The van der Waals surface area contributed by atoms with Gasteiger partial charge in [-0.25, -0.2) is 0 Å². The Morgan fingerprint density at radius 3 is 1.70 bits per heavy atom. The van der Waals surface area contributed by atoms with E-state index >= 15 is 0 Å². The average Bonchev–Trinajstić information content (AvgIpc) is 2.77. The van der Waals surface area contributed by atoms with Gasteiger partial charge in [0.2, 0.25) is 0 Å². The topological polar surface area (TPSA) is 35.5 Å². The molecule has 4 heteroatoms. The van der Waals surface area contributed by atoms with Crippen molar-refractivity contribution in [2.75, 3.05) is 6.61 Å². The van der Waals surface area contributed by atoms with Gasteiger partial charge in [0.25, 0.3) is 8.32 Å². The molecule has 0 aromatic heterocycles. The number of rotatable bonds is 9. The second kappa shape index (κ2) is 9.98. The number of hydrogen-bond acceptors (Lipinski definition) is 3. The molecular weight excluding hydrogens is 388 g/mol. The molecule has 0 amide bonds. The Balaban J connectivity index is 1.89. The van der Waals surface area contributed by atoms with E-state index in [1.54, 1.807) is 0 Å². The number of aldehydes is 1. The number of carbonyl (C=O) groups excluding carboxylic acids is 1. The Bertz CT molecular complexity index is 866. The molecule has 0 fully saturated rings. The van der Waals surface area contributed by atoms with Crippen LogP contribution in [0, 0.1) is 0 Å². The number of hydrogen-bond donors (Lipinski definition) is 0. The normalized spacial score (nSPS) is 13.0. The minimum absolute atomic E-state index is 0.136. The summed E-state index contributed by atoms with van der Waals surface area (Å²) in [5, 5.41) is 2.25. The third-order valence-corrected chi connectivity index (χ3v) is 10.3. The second-order valence-electron chi connectivity index (χ2n) is 8.45. The molecule has 156 valence electrons. The lowest BCUT2D eigenvalue weighted by atomic mass is 10.2. The van der Waals surface area contributed by atoms with Crippen LogP contribution < -0.4 is 10.4 Å². The van der Waals surface area contributed by atoms with Gasteiger partial charge in [0.15, 0.2) is 6.29 Å². The SMILES string of the molecule is CC(C)(C)[Si](OC[C@H](C=O)OCc1ccccc1)(c1ccccc1)c1ccccc1. The van der Waals surface area contributed by atoms with Crippen LogP contribution in [0.2, 0.25) is 5.04 Å². The van der Waals surface area contributed by atoms with Crippen LogP contribution >= 0.6 is 0 Å². The zero-order valence-corrected chi connectivity index (χ0v) is 19.0. The highest BCUT2D eigenvalue weighted by molar-refractivity contribution is 6.99. The molecule has 0 radical (unpaired) electrons. The van der Waals surface area contributed by atoms with Gasteiger partial charge in [0.05, 0.1) is 13.2 Å². The van der Waals surface area contributed by atoms with Crippen molar-refractivity contribution in [1.29, 1.82) is 0 Å². The van der Waals surface area contributed by atoms with Crippen LogP contribution in [0.1, 0.15) is 26.3 Å². The molecule has 0 unspecified atom stereocenters. The fourth-order valence-corrected chi connectivity index (χ4v) is 8.44. The summed E-state index contributed by atoms with van der Waals surface area (Å²) in [4.78, 5) is 11.8. The molecule has 0 heterocycles. The van der Waals surface area contributed by atoms with Crippen LogP contribution in [0.25, 0.3) is 0 Å². The Morgan fingerprint density at radius 2 is 1.27 bits per heavy atom. The van der Waals surface area contributed by atoms with Crippen LogP contribution in [-0.2, 0) is 20.6 Å². The summed E-state index contributed by atoms with van der Waals surface area (Å²) in [6.45, 7) is 7.28. The monoisotopic (exact) mass is 418 g/mol. The van der Waals surface area contributed by atoms with Gasteiger partial charge in [0, 0.05) is 0 Å². The highest BCUT2D eigenvalue weighted by Gasteiger charge is 2.50. The van der Waals surface area contributed by atoms with Crippen molar-refractivity contribution in [3.63, 3.8) is 0 Å². The Morgan fingerprint density at radius 1 is 0.800 bits per heavy atom. The van der Waals surface area contributed by atoms with Crippen molar-refractivity contribution in [3.8, 4) is 0 Å². The largest absolute Gasteiger partial charge is 0.404 e. The first-order valence-corrected chi connectivity index (χ1v) is 12.2. The maximum Gasteiger partial charge on any atom is 0.261 e. The van der Waals surface area contributed by atoms with Gasteiger partial charge < -0.3 is 14.0 Å². The average molecular weight is 419 g/mol. The summed E-state index contributed by atoms with van der Waals surface area (Å²) < 4.78 is 12.7. The minimum Gasteiger partial charge on any atom is -0.404 e. The highest BCUT2D eigenvalue weighted by atomic mass is 28.4. The van der Waals surface area contributed by atoms with E-state index in [-0.39, 0.29) is 11.6 Å². The van der Waals surface area contributed by atoms with Crippen molar-refractivity contribution in [1.82, 2.24) is 0 Å². The van der Waals surface area contributed by atoms with E-state index in [0.717, 1.165) is 11.8 Å². The van der Waals surface area contributed by atoms with E-state index in [1.165, 1.54) is 10.4 Å². The Labute approximate surface area is 180 Å². The molecule has 30 heavy (non-hydrogen) atoms. The smallest absolute Gasteiger partial charge is 0.261 e. The number of carbonyl (C=O) groups is 1. The van der Waals surface area contributed by atoms with Crippen molar-refractivity contribution < 1.29 is 14.0 Å². The molecule has 0 saturated carbocycles. The molecule has 0 saturated heterocycles. The van der Waals surface area contributed by atoms with Gasteiger partial charge in [-0.05, 0) is 21.0 Å². The van der Waals surface area contributed by atoms with Crippen LogP contribution in [-0.4, -0.2) is 27.3 Å². The van der Waals surface area contributed by atoms with Gasteiger partial charge in [-0.1, -0.05) is 112 Å². The van der Waals surface area contributed by atoms with E-state index in [0.29, 0.717) is 6.61 Å². The van der Waals surface area contributed by atoms with Crippen LogP contribution in [0.5, 0.6) is 0 Å². The van der Waals surface area contributed by atoms with Crippen molar-refractivity contribution in [3.05, 3.63) is 96.6 Å². The quantitative estimate of drug-likeness (QED) is 0.383. The lowest BCUT2D eigenvalue weighted by molar-refractivity contribution is -0.120. The highest BCUT2D eigenvalue weighted by Crippen LogP contribution is 2.36.